The van der Waals surface area contributed by atoms with Gasteiger partial charge in [-0.2, -0.15) is 0 Å². The van der Waals surface area contributed by atoms with Crippen LogP contribution in [-0.2, 0) is 19.4 Å². The molecule has 0 saturated carbocycles. The van der Waals surface area contributed by atoms with Crippen LogP contribution >= 0.6 is 0 Å². The zero-order chi connectivity index (χ0) is 27.1. The monoisotopic (exact) mass is 546 g/mol. The molecular formula is C23H25F3N2O8S. The second-order valence-corrected chi connectivity index (χ2v) is 10.1. The number of nitrogens with one attached hydrogen (secondary N) is 1. The highest BCUT2D eigenvalue weighted by molar-refractivity contribution is 7.91. The molecule has 1 atom stereocenters. The van der Waals surface area contributed by atoms with Crippen molar-refractivity contribution in [1.82, 2.24) is 10.2 Å². The lowest BCUT2D eigenvalue weighted by atomic mass is 10.1. The molecule has 1 unspecified atom stereocenters. The molecule has 2 amide bonds. The second-order valence-electron chi connectivity index (χ2n) is 8.05. The summed E-state index contributed by atoms with van der Waals surface area (Å²) < 4.78 is 77.1. The first-order chi connectivity index (χ1) is 17.4. The third-order valence-electron chi connectivity index (χ3n) is 5.29. The van der Waals surface area contributed by atoms with Crippen LogP contribution in [0.5, 0.6) is 17.2 Å². The molecule has 0 spiro atoms. The van der Waals surface area contributed by atoms with Crippen LogP contribution in [0, 0.1) is 0 Å². The molecule has 3 rings (SSSR count). The number of morpholine rings is 1. The highest BCUT2D eigenvalue weighted by atomic mass is 32.2. The highest BCUT2D eigenvalue weighted by Gasteiger charge is 2.31. The van der Waals surface area contributed by atoms with Crippen LogP contribution in [0.4, 0.5) is 18.0 Å². The summed E-state index contributed by atoms with van der Waals surface area (Å²) in [7, 11) is -3.94. The summed E-state index contributed by atoms with van der Waals surface area (Å²) in [5.74, 6) is -0.772. The predicted molar refractivity (Wildman–Crippen MR) is 123 cm³/mol. The Balaban J connectivity index is 1.60. The number of alkyl halides is 3. The Labute approximate surface area is 210 Å². The number of carboxylic acid groups (broad SMARTS) is 1. The standard InChI is InChI=1S/C23H25F3N2O8S/c24-23(25,26)36-19-4-2-17(3-5-19)35-18-6-8-20(9-7-18)37(32,33)15-16(27-22(30)31)1-10-21(29)28-11-13-34-14-12-28/h2-9,16,27H,1,10-15H2,(H,30,31). The maximum absolute atomic E-state index is 12.9. The van der Waals surface area contributed by atoms with E-state index in [9.17, 15) is 31.2 Å². The number of sulfone groups is 1. The van der Waals surface area contributed by atoms with Crippen molar-refractivity contribution in [2.75, 3.05) is 32.1 Å². The first kappa shape index (κ1) is 28.1. The Morgan fingerprint density at radius 1 is 1.00 bits per heavy atom. The minimum atomic E-state index is -4.82. The summed E-state index contributed by atoms with van der Waals surface area (Å²) in [5, 5.41) is 11.3. The summed E-state index contributed by atoms with van der Waals surface area (Å²) >= 11 is 0. The summed E-state index contributed by atoms with van der Waals surface area (Å²) in [5.41, 5.74) is 0. The minimum Gasteiger partial charge on any atom is -0.465 e. The number of hydrogen-bond donors (Lipinski definition) is 2. The average molecular weight is 547 g/mol. The van der Waals surface area contributed by atoms with Crippen LogP contribution in [0.1, 0.15) is 12.8 Å². The van der Waals surface area contributed by atoms with Crippen LogP contribution in [0.2, 0.25) is 0 Å². The maximum atomic E-state index is 12.9. The molecule has 14 heteroatoms. The molecule has 0 bridgehead atoms. The zero-order valence-electron chi connectivity index (χ0n) is 19.4. The third kappa shape index (κ3) is 9.13. The van der Waals surface area contributed by atoms with Gasteiger partial charge in [0, 0.05) is 25.6 Å². The van der Waals surface area contributed by atoms with Gasteiger partial charge in [-0.05, 0) is 55.0 Å². The fourth-order valence-corrected chi connectivity index (χ4v) is 5.08. The Hall–Kier alpha value is -3.52. The number of carbonyl (C=O) groups is 2. The highest BCUT2D eigenvalue weighted by Crippen LogP contribution is 2.28. The quantitative estimate of drug-likeness (QED) is 0.464. The number of hydrogen-bond acceptors (Lipinski definition) is 7. The van der Waals surface area contributed by atoms with Gasteiger partial charge in [0.2, 0.25) is 5.91 Å². The first-order valence-electron chi connectivity index (χ1n) is 11.1. The fourth-order valence-electron chi connectivity index (χ4n) is 3.56. The summed E-state index contributed by atoms with van der Waals surface area (Å²) in [6.45, 7) is 1.67. The average Bonchev–Trinajstić information content (AvgIpc) is 2.83. The summed E-state index contributed by atoms with van der Waals surface area (Å²) in [6.07, 6.45) is -6.26. The van der Waals surface area contributed by atoms with Gasteiger partial charge in [0.1, 0.15) is 17.2 Å². The molecule has 10 nitrogen and oxygen atoms in total. The molecule has 0 radical (unpaired) electrons. The van der Waals surface area contributed by atoms with Gasteiger partial charge in [-0.15, -0.1) is 13.2 Å². The van der Waals surface area contributed by atoms with E-state index < -0.39 is 39.8 Å². The number of carbonyl (C=O) groups excluding carboxylic acids is 1. The number of amides is 2. The van der Waals surface area contributed by atoms with Crippen LogP contribution in [0.15, 0.2) is 53.4 Å². The van der Waals surface area contributed by atoms with E-state index in [1.165, 1.54) is 36.4 Å². The van der Waals surface area contributed by atoms with Gasteiger partial charge in [0.25, 0.3) is 0 Å². The van der Waals surface area contributed by atoms with E-state index in [2.05, 4.69) is 10.1 Å². The summed E-state index contributed by atoms with van der Waals surface area (Å²) in [6, 6.07) is 8.88. The van der Waals surface area contributed by atoms with Gasteiger partial charge in [-0.3, -0.25) is 4.79 Å². The maximum Gasteiger partial charge on any atom is 0.573 e. The molecule has 202 valence electrons. The lowest BCUT2D eigenvalue weighted by Gasteiger charge is -2.27. The molecule has 2 aromatic rings. The molecular weight excluding hydrogens is 521 g/mol. The molecule has 1 heterocycles. The van der Waals surface area contributed by atoms with E-state index in [-0.39, 0.29) is 35.1 Å². The van der Waals surface area contributed by atoms with Crippen molar-refractivity contribution >= 4 is 21.8 Å². The topological polar surface area (TPSA) is 131 Å². The van der Waals surface area contributed by atoms with Crippen molar-refractivity contribution in [3.8, 4) is 17.2 Å². The molecule has 2 aromatic carbocycles. The molecule has 0 aliphatic carbocycles. The van der Waals surface area contributed by atoms with Crippen LogP contribution in [-0.4, -0.2) is 74.9 Å². The number of rotatable bonds is 10. The largest absolute Gasteiger partial charge is 0.573 e. The van der Waals surface area contributed by atoms with E-state index in [4.69, 9.17) is 14.6 Å². The van der Waals surface area contributed by atoms with Gasteiger partial charge in [0.15, 0.2) is 9.84 Å². The van der Waals surface area contributed by atoms with E-state index in [0.717, 1.165) is 12.1 Å². The van der Waals surface area contributed by atoms with Crippen LogP contribution in [0.25, 0.3) is 0 Å². The van der Waals surface area contributed by atoms with E-state index in [1.54, 1.807) is 4.90 Å². The van der Waals surface area contributed by atoms with E-state index in [1.807, 2.05) is 0 Å². The van der Waals surface area contributed by atoms with Crippen LogP contribution in [0.3, 0.4) is 0 Å². The number of halogens is 3. The number of benzene rings is 2. The lowest BCUT2D eigenvalue weighted by molar-refractivity contribution is -0.274. The number of nitrogens with zero attached hydrogens (tertiary/aromatic N) is 1. The van der Waals surface area contributed by atoms with Crippen molar-refractivity contribution in [3.63, 3.8) is 0 Å². The molecule has 1 aliphatic heterocycles. The Bertz CT molecular complexity index is 1170. The van der Waals surface area contributed by atoms with Crippen molar-refractivity contribution in [2.24, 2.45) is 0 Å². The predicted octanol–water partition coefficient (Wildman–Crippen LogP) is 3.43. The molecule has 37 heavy (non-hydrogen) atoms. The number of ether oxygens (including phenoxy) is 3. The zero-order valence-corrected chi connectivity index (χ0v) is 20.3. The Kier molecular flexibility index (Phi) is 9.21. The van der Waals surface area contributed by atoms with Gasteiger partial charge >= 0.3 is 12.5 Å². The molecule has 2 N–H and O–H groups in total. The Morgan fingerprint density at radius 3 is 2.08 bits per heavy atom. The molecule has 1 aliphatic rings. The SMILES string of the molecule is O=C(O)NC(CCC(=O)N1CCOCC1)CS(=O)(=O)c1ccc(Oc2ccc(OC(F)(F)F)cc2)cc1. The van der Waals surface area contributed by atoms with Gasteiger partial charge in [-0.25, -0.2) is 13.2 Å². The molecule has 0 aromatic heterocycles. The van der Waals surface area contributed by atoms with Gasteiger partial charge in [0.05, 0.1) is 23.9 Å². The summed E-state index contributed by atoms with van der Waals surface area (Å²) in [4.78, 5) is 25.1. The third-order valence-corrected chi connectivity index (χ3v) is 7.13. The minimum absolute atomic E-state index is 0.00301. The lowest BCUT2D eigenvalue weighted by Crippen LogP contribution is -2.43. The van der Waals surface area contributed by atoms with E-state index >= 15 is 0 Å². The van der Waals surface area contributed by atoms with Crippen molar-refractivity contribution in [1.29, 1.82) is 0 Å². The fraction of sp³-hybridized carbons (Fsp3) is 0.391. The van der Waals surface area contributed by atoms with Crippen molar-refractivity contribution in [3.05, 3.63) is 48.5 Å². The van der Waals surface area contributed by atoms with Crippen molar-refractivity contribution < 1.29 is 50.5 Å². The van der Waals surface area contributed by atoms with Crippen LogP contribution < -0.4 is 14.8 Å². The van der Waals surface area contributed by atoms with Gasteiger partial charge < -0.3 is 29.5 Å². The van der Waals surface area contributed by atoms with Gasteiger partial charge in [-0.1, -0.05) is 0 Å². The second kappa shape index (κ2) is 12.1. The van der Waals surface area contributed by atoms with E-state index in [0.29, 0.717) is 26.3 Å². The molecule has 1 saturated heterocycles. The smallest absolute Gasteiger partial charge is 0.465 e. The van der Waals surface area contributed by atoms with Crippen molar-refractivity contribution in [2.45, 2.75) is 30.1 Å². The Morgan fingerprint density at radius 2 is 1.54 bits per heavy atom. The first-order valence-corrected chi connectivity index (χ1v) is 12.8. The molecule has 1 fully saturated rings. The normalized spacial score (nSPS) is 15.1.